The van der Waals surface area contributed by atoms with Gasteiger partial charge in [-0.15, -0.1) is 0 Å². The molecule has 172 valence electrons. The molecule has 1 aliphatic carbocycles. The molecule has 4 unspecified atom stereocenters. The summed E-state index contributed by atoms with van der Waals surface area (Å²) in [5, 5.41) is 0. The summed E-state index contributed by atoms with van der Waals surface area (Å²) in [6, 6.07) is 0. The van der Waals surface area contributed by atoms with E-state index < -0.39 is 35.3 Å². The van der Waals surface area contributed by atoms with Crippen LogP contribution in [0.25, 0.3) is 0 Å². The summed E-state index contributed by atoms with van der Waals surface area (Å²) in [5.74, 6) is -4.29. The summed E-state index contributed by atoms with van der Waals surface area (Å²) in [6.45, 7) is 7.88. The first kappa shape index (κ1) is 26.3. The van der Waals surface area contributed by atoms with Gasteiger partial charge in [0, 0.05) is 12.8 Å². The topological polar surface area (TPSA) is 86.7 Å². The molecule has 0 aliphatic heterocycles. The van der Waals surface area contributed by atoms with Crippen LogP contribution in [-0.4, -0.2) is 35.7 Å². The molecule has 6 nitrogen and oxygen atoms in total. The van der Waals surface area contributed by atoms with Crippen molar-refractivity contribution in [1.82, 2.24) is 0 Å². The van der Waals surface area contributed by atoms with Crippen LogP contribution in [0.1, 0.15) is 105 Å². The van der Waals surface area contributed by atoms with Gasteiger partial charge in [-0.05, 0) is 39.5 Å². The van der Waals surface area contributed by atoms with Crippen molar-refractivity contribution in [1.29, 1.82) is 0 Å². The summed E-state index contributed by atoms with van der Waals surface area (Å²) in [6.07, 6.45) is 9.02. The van der Waals surface area contributed by atoms with Crippen LogP contribution in [0.15, 0.2) is 0 Å². The van der Waals surface area contributed by atoms with Crippen molar-refractivity contribution in [2.75, 3.05) is 0 Å². The first-order chi connectivity index (χ1) is 14.3. The van der Waals surface area contributed by atoms with Gasteiger partial charge in [-0.1, -0.05) is 52.4 Å². The van der Waals surface area contributed by atoms with Crippen LogP contribution in [0.5, 0.6) is 0 Å². The smallest absolute Gasteiger partial charge is 0.317 e. The molecule has 30 heavy (non-hydrogen) atoms. The fourth-order valence-corrected chi connectivity index (χ4v) is 3.74. The molecular weight excluding hydrogens is 384 g/mol. The molecule has 0 saturated heterocycles. The second-order valence-corrected chi connectivity index (χ2v) is 8.64. The average Bonchev–Trinajstić information content (AvgIpc) is 2.69. The van der Waals surface area contributed by atoms with Gasteiger partial charge in [0.05, 0.1) is 12.2 Å². The molecule has 6 heteroatoms. The number of rotatable bonds is 14. The average molecular weight is 425 g/mol. The minimum absolute atomic E-state index is 0.273. The fourth-order valence-electron chi connectivity index (χ4n) is 3.74. The van der Waals surface area contributed by atoms with E-state index in [0.29, 0.717) is 0 Å². The Kier molecular flexibility index (Phi) is 12.6. The van der Waals surface area contributed by atoms with Gasteiger partial charge in [0.25, 0.3) is 0 Å². The maximum absolute atomic E-state index is 12.4. The number of carbonyl (C=O) groups is 4. The highest BCUT2D eigenvalue weighted by Gasteiger charge is 2.43. The van der Waals surface area contributed by atoms with Gasteiger partial charge in [0.15, 0.2) is 0 Å². The predicted molar refractivity (Wildman–Crippen MR) is 115 cm³/mol. The van der Waals surface area contributed by atoms with Crippen LogP contribution in [0.2, 0.25) is 0 Å². The molecule has 0 heterocycles. The second kappa shape index (κ2) is 14.3. The molecule has 0 N–H and O–H groups in total. The number of unbranched alkanes of at least 4 members (excludes halogenated alkanes) is 6. The van der Waals surface area contributed by atoms with E-state index in [9.17, 15) is 19.2 Å². The Hall–Kier alpha value is -1.72. The molecule has 0 spiro atoms. The first-order valence-electron chi connectivity index (χ1n) is 11.8. The highest BCUT2D eigenvalue weighted by Crippen LogP contribution is 2.27. The summed E-state index contributed by atoms with van der Waals surface area (Å²) in [5.41, 5.74) is 0. The predicted octanol–water partition coefficient (Wildman–Crippen LogP) is 4.96. The molecule has 0 bridgehead atoms. The Morgan fingerprint density at radius 1 is 0.733 bits per heavy atom. The lowest BCUT2D eigenvalue weighted by Gasteiger charge is -2.26. The van der Waals surface area contributed by atoms with Gasteiger partial charge in [-0.25, -0.2) is 0 Å². The van der Waals surface area contributed by atoms with Gasteiger partial charge in [-0.2, -0.15) is 0 Å². The van der Waals surface area contributed by atoms with Crippen molar-refractivity contribution in [2.24, 2.45) is 11.8 Å². The van der Waals surface area contributed by atoms with E-state index in [1.165, 1.54) is 0 Å². The summed E-state index contributed by atoms with van der Waals surface area (Å²) >= 11 is 0. The van der Waals surface area contributed by atoms with E-state index in [1.807, 2.05) is 0 Å². The van der Waals surface area contributed by atoms with Crippen LogP contribution in [-0.2, 0) is 28.7 Å². The van der Waals surface area contributed by atoms with Crippen molar-refractivity contribution in [3.63, 3.8) is 0 Å². The number of carbonyl (C=O) groups excluding carboxylic acids is 4. The van der Waals surface area contributed by atoms with Gasteiger partial charge in [0.1, 0.15) is 23.4 Å². The van der Waals surface area contributed by atoms with Crippen molar-refractivity contribution in [2.45, 2.75) is 117 Å². The third-order valence-corrected chi connectivity index (χ3v) is 5.72. The summed E-state index contributed by atoms with van der Waals surface area (Å²) in [4.78, 5) is 49.6. The zero-order valence-corrected chi connectivity index (χ0v) is 19.2. The molecule has 1 rings (SSSR count). The molecule has 1 fully saturated rings. The molecule has 0 radical (unpaired) electrons. The molecule has 1 saturated carbocycles. The van der Waals surface area contributed by atoms with Crippen molar-refractivity contribution in [3.05, 3.63) is 0 Å². The lowest BCUT2D eigenvalue weighted by Crippen LogP contribution is -2.42. The minimum atomic E-state index is -1.09. The summed E-state index contributed by atoms with van der Waals surface area (Å²) in [7, 11) is 0. The number of hydrogen-bond acceptors (Lipinski definition) is 6. The summed E-state index contributed by atoms with van der Waals surface area (Å²) < 4.78 is 10.8. The van der Waals surface area contributed by atoms with E-state index in [1.54, 1.807) is 13.8 Å². The second-order valence-electron chi connectivity index (χ2n) is 8.64. The van der Waals surface area contributed by atoms with Gasteiger partial charge < -0.3 is 9.47 Å². The van der Waals surface area contributed by atoms with E-state index >= 15 is 0 Å². The number of hydrogen-bond donors (Lipinski definition) is 0. The lowest BCUT2D eigenvalue weighted by molar-refractivity contribution is -0.166. The Morgan fingerprint density at radius 2 is 1.10 bits per heavy atom. The number of Topliss-reactive ketones (excluding diaryl/α,β-unsaturated/α-hetero) is 2. The van der Waals surface area contributed by atoms with E-state index in [-0.39, 0.29) is 25.0 Å². The van der Waals surface area contributed by atoms with Crippen LogP contribution in [0.4, 0.5) is 0 Å². The Bertz CT molecular complexity index is 520. The van der Waals surface area contributed by atoms with Gasteiger partial charge >= 0.3 is 11.9 Å². The number of esters is 2. The highest BCUT2D eigenvalue weighted by atomic mass is 16.5. The highest BCUT2D eigenvalue weighted by molar-refractivity contribution is 6.12. The monoisotopic (exact) mass is 424 g/mol. The third kappa shape index (κ3) is 9.40. The zero-order chi connectivity index (χ0) is 22.5. The molecular formula is C24H40O6. The fraction of sp³-hybridized carbons (Fsp3) is 0.833. The van der Waals surface area contributed by atoms with Crippen molar-refractivity contribution in [3.8, 4) is 0 Å². The maximum Gasteiger partial charge on any atom is 0.317 e. The SMILES string of the molecule is CCCCCCC(C)OC(=O)C1CC(=O)C(C(=O)OC(C)CCCCCC)CC1=O. The standard InChI is InChI=1S/C24H40O6/c1-5-7-9-11-13-17(3)29-23(27)19-15-22(26)20(16-21(19)25)24(28)30-18(4)14-12-10-8-6-2/h17-20H,5-16H2,1-4H3. The van der Waals surface area contributed by atoms with Crippen LogP contribution in [0.3, 0.4) is 0 Å². The number of ketones is 2. The van der Waals surface area contributed by atoms with E-state index in [4.69, 9.17) is 9.47 Å². The van der Waals surface area contributed by atoms with E-state index in [2.05, 4.69) is 13.8 Å². The quantitative estimate of drug-likeness (QED) is 0.223. The molecule has 0 aromatic carbocycles. The Labute approximate surface area is 181 Å². The molecule has 0 aromatic heterocycles. The van der Waals surface area contributed by atoms with Crippen LogP contribution < -0.4 is 0 Å². The number of ether oxygens (including phenoxy) is 2. The van der Waals surface area contributed by atoms with E-state index in [0.717, 1.165) is 64.2 Å². The largest absolute Gasteiger partial charge is 0.462 e. The van der Waals surface area contributed by atoms with Crippen molar-refractivity contribution >= 4 is 23.5 Å². The Morgan fingerprint density at radius 3 is 1.43 bits per heavy atom. The van der Waals surface area contributed by atoms with Crippen LogP contribution >= 0.6 is 0 Å². The van der Waals surface area contributed by atoms with Gasteiger partial charge in [-0.3, -0.25) is 19.2 Å². The molecule has 0 aromatic rings. The first-order valence-corrected chi connectivity index (χ1v) is 11.8. The zero-order valence-electron chi connectivity index (χ0n) is 19.2. The Balaban J connectivity index is 2.46. The maximum atomic E-state index is 12.4. The minimum Gasteiger partial charge on any atom is -0.462 e. The van der Waals surface area contributed by atoms with Crippen molar-refractivity contribution < 1.29 is 28.7 Å². The lowest BCUT2D eigenvalue weighted by atomic mass is 9.80. The van der Waals surface area contributed by atoms with Gasteiger partial charge in [0.2, 0.25) is 0 Å². The normalized spacial score (nSPS) is 21.2. The molecule has 4 atom stereocenters. The van der Waals surface area contributed by atoms with Crippen LogP contribution in [0, 0.1) is 11.8 Å². The third-order valence-electron chi connectivity index (χ3n) is 5.72. The molecule has 0 amide bonds. The molecule has 1 aliphatic rings.